The van der Waals surface area contributed by atoms with Gasteiger partial charge in [-0.25, -0.2) is 17.9 Å². The SMILES string of the molecule is Cl.NCC(NS(=O)(=O)c1ccc2oc(=O)ccc2c1)C1CCCCC1. The zero-order valence-corrected chi connectivity index (χ0v) is 15.4. The van der Waals surface area contributed by atoms with Crippen molar-refractivity contribution >= 4 is 33.4 Å². The highest BCUT2D eigenvalue weighted by molar-refractivity contribution is 7.89. The molecule has 0 bridgehead atoms. The Bertz CT molecular complexity index is 876. The van der Waals surface area contributed by atoms with Crippen molar-refractivity contribution in [2.75, 3.05) is 6.54 Å². The minimum absolute atomic E-state index is 0. The van der Waals surface area contributed by atoms with Crippen LogP contribution in [0.2, 0.25) is 0 Å². The predicted molar refractivity (Wildman–Crippen MR) is 99.5 cm³/mol. The van der Waals surface area contributed by atoms with Crippen LogP contribution in [0.25, 0.3) is 11.0 Å². The van der Waals surface area contributed by atoms with Crippen LogP contribution in [-0.2, 0) is 10.0 Å². The van der Waals surface area contributed by atoms with Crippen LogP contribution >= 0.6 is 12.4 Å². The second-order valence-electron chi connectivity index (χ2n) is 6.32. The third-order valence-corrected chi connectivity index (χ3v) is 6.17. The van der Waals surface area contributed by atoms with Gasteiger partial charge in [0.1, 0.15) is 5.58 Å². The minimum atomic E-state index is -3.67. The molecule has 25 heavy (non-hydrogen) atoms. The fourth-order valence-electron chi connectivity index (χ4n) is 3.36. The number of halogens is 1. The van der Waals surface area contributed by atoms with Crippen molar-refractivity contribution in [3.8, 4) is 0 Å². The number of sulfonamides is 1. The number of rotatable bonds is 5. The quantitative estimate of drug-likeness (QED) is 0.768. The molecular weight excluding hydrogens is 364 g/mol. The van der Waals surface area contributed by atoms with E-state index in [1.165, 1.54) is 30.7 Å². The first-order valence-corrected chi connectivity index (χ1v) is 9.74. The summed E-state index contributed by atoms with van der Waals surface area (Å²) in [5.74, 6) is 0.289. The molecule has 0 spiro atoms. The molecule has 0 amide bonds. The summed E-state index contributed by atoms with van der Waals surface area (Å²) in [5.41, 5.74) is 5.72. The van der Waals surface area contributed by atoms with Crippen LogP contribution in [0, 0.1) is 5.92 Å². The number of nitrogens with two attached hydrogens (primary N) is 1. The highest BCUT2D eigenvalue weighted by atomic mass is 35.5. The lowest BCUT2D eigenvalue weighted by atomic mass is 9.84. The number of hydrogen-bond donors (Lipinski definition) is 2. The van der Waals surface area contributed by atoms with Gasteiger partial charge in [0.2, 0.25) is 10.0 Å². The van der Waals surface area contributed by atoms with Crippen molar-refractivity contribution in [3.63, 3.8) is 0 Å². The van der Waals surface area contributed by atoms with E-state index in [0.717, 1.165) is 25.7 Å². The van der Waals surface area contributed by atoms with Gasteiger partial charge in [-0.15, -0.1) is 12.4 Å². The third-order valence-electron chi connectivity index (χ3n) is 4.68. The van der Waals surface area contributed by atoms with Gasteiger partial charge in [0.05, 0.1) is 4.90 Å². The molecule has 138 valence electrons. The summed E-state index contributed by atoms with van der Waals surface area (Å²) in [4.78, 5) is 11.4. The zero-order valence-electron chi connectivity index (χ0n) is 13.8. The Morgan fingerprint density at radius 3 is 2.56 bits per heavy atom. The molecule has 0 saturated heterocycles. The van der Waals surface area contributed by atoms with Gasteiger partial charge in [0.15, 0.2) is 0 Å². The van der Waals surface area contributed by atoms with Gasteiger partial charge in [-0.1, -0.05) is 19.3 Å². The van der Waals surface area contributed by atoms with Gasteiger partial charge < -0.3 is 10.2 Å². The first-order chi connectivity index (χ1) is 11.5. The molecule has 0 aliphatic heterocycles. The highest BCUT2D eigenvalue weighted by Crippen LogP contribution is 2.27. The van der Waals surface area contributed by atoms with Crippen molar-refractivity contribution in [1.82, 2.24) is 4.72 Å². The van der Waals surface area contributed by atoms with Gasteiger partial charge in [0, 0.05) is 24.0 Å². The maximum Gasteiger partial charge on any atom is 0.336 e. The smallest absolute Gasteiger partial charge is 0.336 e. The molecule has 1 aliphatic carbocycles. The molecule has 3 N–H and O–H groups in total. The number of fused-ring (bicyclic) bond motifs is 1. The number of hydrogen-bond acceptors (Lipinski definition) is 5. The summed E-state index contributed by atoms with van der Waals surface area (Å²) in [6.45, 7) is 0.284. The third kappa shape index (κ3) is 4.61. The average Bonchev–Trinajstić information content (AvgIpc) is 2.60. The van der Waals surface area contributed by atoms with E-state index in [1.54, 1.807) is 6.07 Å². The predicted octanol–water partition coefficient (Wildman–Crippen LogP) is 2.40. The van der Waals surface area contributed by atoms with Crippen LogP contribution in [0.5, 0.6) is 0 Å². The van der Waals surface area contributed by atoms with Crippen molar-refractivity contribution in [1.29, 1.82) is 0 Å². The van der Waals surface area contributed by atoms with Crippen LogP contribution in [0.3, 0.4) is 0 Å². The summed E-state index contributed by atoms with van der Waals surface area (Å²) >= 11 is 0. The Morgan fingerprint density at radius 2 is 1.88 bits per heavy atom. The number of benzene rings is 1. The molecule has 1 atom stereocenters. The molecule has 1 aromatic heterocycles. The lowest BCUT2D eigenvalue weighted by molar-refractivity contribution is 0.294. The summed E-state index contributed by atoms with van der Waals surface area (Å²) in [7, 11) is -3.67. The molecule has 8 heteroatoms. The first-order valence-electron chi connectivity index (χ1n) is 8.26. The molecular formula is C17H23ClN2O4S. The molecule has 3 rings (SSSR count). The van der Waals surface area contributed by atoms with Crippen LogP contribution in [0.1, 0.15) is 32.1 Å². The lowest BCUT2D eigenvalue weighted by Crippen LogP contribution is -2.45. The maximum absolute atomic E-state index is 12.7. The Morgan fingerprint density at radius 1 is 1.16 bits per heavy atom. The van der Waals surface area contributed by atoms with E-state index in [9.17, 15) is 13.2 Å². The van der Waals surface area contributed by atoms with Gasteiger partial charge in [-0.3, -0.25) is 0 Å². The van der Waals surface area contributed by atoms with Crippen molar-refractivity contribution < 1.29 is 12.8 Å². The van der Waals surface area contributed by atoms with E-state index in [0.29, 0.717) is 11.0 Å². The van der Waals surface area contributed by atoms with E-state index in [4.69, 9.17) is 10.2 Å². The second-order valence-corrected chi connectivity index (χ2v) is 8.03. The van der Waals surface area contributed by atoms with E-state index >= 15 is 0 Å². The normalized spacial score (nSPS) is 17.2. The monoisotopic (exact) mass is 386 g/mol. The molecule has 1 aliphatic rings. The molecule has 6 nitrogen and oxygen atoms in total. The fraction of sp³-hybridized carbons (Fsp3) is 0.471. The summed E-state index contributed by atoms with van der Waals surface area (Å²) in [6, 6.07) is 7.04. The van der Waals surface area contributed by atoms with E-state index in [2.05, 4.69) is 4.72 Å². The number of nitrogens with one attached hydrogen (secondary N) is 1. The van der Waals surface area contributed by atoms with Crippen molar-refractivity contribution in [3.05, 3.63) is 40.8 Å². The Kier molecular flexibility index (Phi) is 6.62. The molecule has 1 saturated carbocycles. The summed E-state index contributed by atoms with van der Waals surface area (Å²) < 4.78 is 33.2. The van der Waals surface area contributed by atoms with E-state index in [1.807, 2.05) is 0 Å². The van der Waals surface area contributed by atoms with Crippen LogP contribution in [0.15, 0.2) is 44.4 Å². The Labute approximate surface area is 153 Å². The van der Waals surface area contributed by atoms with Crippen molar-refractivity contribution in [2.24, 2.45) is 11.7 Å². The second kappa shape index (κ2) is 8.31. The molecule has 1 unspecified atom stereocenters. The van der Waals surface area contributed by atoms with Crippen LogP contribution < -0.4 is 16.1 Å². The molecule has 2 aromatic rings. The van der Waals surface area contributed by atoms with E-state index in [-0.39, 0.29) is 35.8 Å². The molecule has 1 fully saturated rings. The maximum atomic E-state index is 12.7. The lowest BCUT2D eigenvalue weighted by Gasteiger charge is -2.29. The fourth-order valence-corrected chi connectivity index (χ4v) is 4.71. The summed E-state index contributed by atoms with van der Waals surface area (Å²) in [5, 5.41) is 0.569. The largest absolute Gasteiger partial charge is 0.423 e. The standard InChI is InChI=1S/C17H22N2O4S.ClH/c18-11-15(12-4-2-1-3-5-12)19-24(21,22)14-7-8-16-13(10-14)6-9-17(20)23-16;/h6-10,12,15,19H,1-5,11,18H2;1H. The van der Waals surface area contributed by atoms with Gasteiger partial charge in [-0.2, -0.15) is 0 Å². The molecule has 1 heterocycles. The summed E-state index contributed by atoms with van der Waals surface area (Å²) in [6.07, 6.45) is 5.47. The average molecular weight is 387 g/mol. The highest BCUT2D eigenvalue weighted by Gasteiger charge is 2.27. The van der Waals surface area contributed by atoms with Crippen LogP contribution in [0.4, 0.5) is 0 Å². The molecule has 1 aromatic carbocycles. The van der Waals surface area contributed by atoms with Crippen molar-refractivity contribution in [2.45, 2.75) is 43.0 Å². The van der Waals surface area contributed by atoms with Crippen LogP contribution in [-0.4, -0.2) is 21.0 Å². The topological polar surface area (TPSA) is 102 Å². The minimum Gasteiger partial charge on any atom is -0.423 e. The zero-order chi connectivity index (χ0) is 17.2. The van der Waals surface area contributed by atoms with Gasteiger partial charge in [0.25, 0.3) is 0 Å². The Hall–Kier alpha value is -1.41. The molecule has 0 radical (unpaired) electrons. The van der Waals surface area contributed by atoms with E-state index < -0.39 is 15.6 Å². The van der Waals surface area contributed by atoms with Gasteiger partial charge >= 0.3 is 5.63 Å². The first kappa shape index (κ1) is 19.9. The van der Waals surface area contributed by atoms with Gasteiger partial charge in [-0.05, 0) is 43.0 Å². The Balaban J connectivity index is 0.00000225.